The van der Waals surface area contributed by atoms with Gasteiger partial charge in [0.1, 0.15) is 12.4 Å². The van der Waals surface area contributed by atoms with Crippen molar-refractivity contribution in [3.63, 3.8) is 0 Å². The van der Waals surface area contributed by atoms with Crippen molar-refractivity contribution in [3.8, 4) is 5.75 Å². The lowest BCUT2D eigenvalue weighted by atomic mass is 10.2. The van der Waals surface area contributed by atoms with Gasteiger partial charge in [-0.25, -0.2) is 8.42 Å². The third-order valence-corrected chi connectivity index (χ3v) is 4.51. The average Bonchev–Trinajstić information content (AvgIpc) is 2.40. The van der Waals surface area contributed by atoms with Crippen molar-refractivity contribution >= 4 is 33.0 Å². The third-order valence-electron chi connectivity index (χ3n) is 2.64. The minimum absolute atomic E-state index is 0.263. The van der Waals surface area contributed by atoms with Crippen molar-refractivity contribution < 1.29 is 13.2 Å². The molecule has 106 valence electrons. The fourth-order valence-corrected chi connectivity index (χ4v) is 2.53. The molecule has 0 atom stereocenters. The topological polar surface area (TPSA) is 43.4 Å². The summed E-state index contributed by atoms with van der Waals surface area (Å²) in [5, 5.41) is 0.966. The molecule has 20 heavy (non-hydrogen) atoms. The largest absolute Gasteiger partial charge is 0.489 e. The van der Waals surface area contributed by atoms with E-state index in [9.17, 15) is 8.42 Å². The van der Waals surface area contributed by atoms with E-state index in [-0.39, 0.29) is 4.90 Å². The number of rotatable bonds is 4. The van der Waals surface area contributed by atoms with E-state index in [4.69, 9.17) is 27.9 Å². The second kappa shape index (κ2) is 6.04. The highest BCUT2D eigenvalue weighted by atomic mass is 35.5. The Morgan fingerprint density at radius 3 is 2.20 bits per heavy atom. The summed E-state index contributed by atoms with van der Waals surface area (Å²) in [5.41, 5.74) is 0.881. The third kappa shape index (κ3) is 3.88. The van der Waals surface area contributed by atoms with Gasteiger partial charge in [-0.3, -0.25) is 0 Å². The first kappa shape index (κ1) is 15.2. The molecular formula is C14H12Cl2O3S. The molecule has 3 nitrogen and oxygen atoms in total. The van der Waals surface area contributed by atoms with Crippen LogP contribution in [-0.4, -0.2) is 14.7 Å². The Bertz CT molecular complexity index is 710. The first-order chi connectivity index (χ1) is 9.36. The van der Waals surface area contributed by atoms with Crippen LogP contribution in [0.4, 0.5) is 0 Å². The number of sulfone groups is 1. The van der Waals surface area contributed by atoms with Crippen LogP contribution in [0, 0.1) is 0 Å². The average molecular weight is 331 g/mol. The monoisotopic (exact) mass is 330 g/mol. The van der Waals surface area contributed by atoms with E-state index in [0.717, 1.165) is 5.56 Å². The molecule has 0 amide bonds. The molecule has 0 radical (unpaired) electrons. The number of benzene rings is 2. The molecule has 0 N–H and O–H groups in total. The Morgan fingerprint density at radius 1 is 1.00 bits per heavy atom. The van der Waals surface area contributed by atoms with Crippen LogP contribution in [-0.2, 0) is 16.4 Å². The van der Waals surface area contributed by atoms with Crippen molar-refractivity contribution in [3.05, 3.63) is 58.1 Å². The van der Waals surface area contributed by atoms with E-state index >= 15 is 0 Å². The zero-order chi connectivity index (χ0) is 14.8. The van der Waals surface area contributed by atoms with Gasteiger partial charge in [0.25, 0.3) is 0 Å². The highest BCUT2D eigenvalue weighted by Gasteiger charge is 2.06. The summed E-state index contributed by atoms with van der Waals surface area (Å²) in [4.78, 5) is 0.263. The summed E-state index contributed by atoms with van der Waals surface area (Å²) in [6, 6.07) is 11.5. The summed E-state index contributed by atoms with van der Waals surface area (Å²) in [6.45, 7) is 0.328. The second-order valence-corrected chi connectivity index (χ2v) is 7.11. The zero-order valence-electron chi connectivity index (χ0n) is 10.6. The summed E-state index contributed by atoms with van der Waals surface area (Å²) >= 11 is 11.7. The molecule has 0 aliphatic rings. The maximum Gasteiger partial charge on any atom is 0.175 e. The van der Waals surface area contributed by atoms with Crippen LogP contribution in [0.5, 0.6) is 5.75 Å². The van der Waals surface area contributed by atoms with Crippen LogP contribution in [0.25, 0.3) is 0 Å². The van der Waals surface area contributed by atoms with E-state index in [1.807, 2.05) is 6.07 Å². The molecule has 0 saturated heterocycles. The fourth-order valence-electron chi connectivity index (χ4n) is 1.58. The number of hydrogen-bond acceptors (Lipinski definition) is 3. The Labute approximate surface area is 128 Å². The SMILES string of the molecule is CS(=O)(=O)c1ccc(OCc2ccc(Cl)c(Cl)c2)cc1. The predicted octanol–water partition coefficient (Wildman–Crippen LogP) is 3.98. The molecule has 2 rings (SSSR count). The number of ether oxygens (including phenoxy) is 1. The molecule has 0 spiro atoms. The fraction of sp³-hybridized carbons (Fsp3) is 0.143. The molecule has 0 aromatic heterocycles. The number of hydrogen-bond donors (Lipinski definition) is 0. The van der Waals surface area contributed by atoms with Crippen molar-refractivity contribution in [1.82, 2.24) is 0 Å². The minimum Gasteiger partial charge on any atom is -0.489 e. The van der Waals surface area contributed by atoms with Crippen LogP contribution in [0.1, 0.15) is 5.56 Å². The van der Waals surface area contributed by atoms with Gasteiger partial charge < -0.3 is 4.74 Å². The van der Waals surface area contributed by atoms with Gasteiger partial charge in [-0.05, 0) is 42.0 Å². The first-order valence-corrected chi connectivity index (χ1v) is 8.38. The van der Waals surface area contributed by atoms with Crippen molar-refractivity contribution in [2.45, 2.75) is 11.5 Å². The number of halogens is 2. The molecular weight excluding hydrogens is 319 g/mol. The van der Waals surface area contributed by atoms with Gasteiger partial charge in [-0.2, -0.15) is 0 Å². The lowest BCUT2D eigenvalue weighted by Gasteiger charge is -2.07. The van der Waals surface area contributed by atoms with Gasteiger partial charge in [0.2, 0.25) is 0 Å². The normalized spacial score (nSPS) is 11.3. The van der Waals surface area contributed by atoms with Crippen LogP contribution in [0.2, 0.25) is 10.0 Å². The van der Waals surface area contributed by atoms with E-state index in [1.54, 1.807) is 24.3 Å². The van der Waals surface area contributed by atoms with Gasteiger partial charge in [0.05, 0.1) is 14.9 Å². The second-order valence-electron chi connectivity index (χ2n) is 4.28. The van der Waals surface area contributed by atoms with Gasteiger partial charge in [-0.15, -0.1) is 0 Å². The van der Waals surface area contributed by atoms with Gasteiger partial charge in [0.15, 0.2) is 9.84 Å². The standard InChI is InChI=1S/C14H12Cl2O3S/c1-20(17,18)12-5-3-11(4-6-12)19-9-10-2-7-13(15)14(16)8-10/h2-8H,9H2,1H3. The van der Waals surface area contributed by atoms with Gasteiger partial charge >= 0.3 is 0 Å². The quantitative estimate of drug-likeness (QED) is 0.851. The molecule has 2 aromatic carbocycles. The highest BCUT2D eigenvalue weighted by molar-refractivity contribution is 7.90. The van der Waals surface area contributed by atoms with E-state index in [1.165, 1.54) is 18.4 Å². The van der Waals surface area contributed by atoms with Crippen LogP contribution < -0.4 is 4.74 Å². The lowest BCUT2D eigenvalue weighted by Crippen LogP contribution is -1.98. The Balaban J connectivity index is 2.06. The van der Waals surface area contributed by atoms with Crippen molar-refractivity contribution in [2.24, 2.45) is 0 Å². The molecule has 0 aliphatic heterocycles. The van der Waals surface area contributed by atoms with E-state index in [2.05, 4.69) is 0 Å². The molecule has 0 aliphatic carbocycles. The van der Waals surface area contributed by atoms with E-state index in [0.29, 0.717) is 22.4 Å². The van der Waals surface area contributed by atoms with Gasteiger partial charge in [0, 0.05) is 6.26 Å². The Kier molecular flexibility index (Phi) is 4.58. The Hall–Kier alpha value is -1.23. The molecule has 0 unspecified atom stereocenters. The summed E-state index contributed by atoms with van der Waals surface area (Å²) in [5.74, 6) is 0.587. The maximum absolute atomic E-state index is 11.3. The van der Waals surface area contributed by atoms with Crippen LogP contribution in [0.15, 0.2) is 47.4 Å². The molecule has 0 saturated carbocycles. The molecule has 0 heterocycles. The zero-order valence-corrected chi connectivity index (χ0v) is 13.0. The van der Waals surface area contributed by atoms with E-state index < -0.39 is 9.84 Å². The van der Waals surface area contributed by atoms with Crippen molar-refractivity contribution in [1.29, 1.82) is 0 Å². The van der Waals surface area contributed by atoms with Gasteiger partial charge in [-0.1, -0.05) is 29.3 Å². The van der Waals surface area contributed by atoms with Crippen LogP contribution >= 0.6 is 23.2 Å². The molecule has 6 heteroatoms. The smallest absolute Gasteiger partial charge is 0.175 e. The minimum atomic E-state index is -3.18. The Morgan fingerprint density at radius 2 is 1.65 bits per heavy atom. The highest BCUT2D eigenvalue weighted by Crippen LogP contribution is 2.23. The lowest BCUT2D eigenvalue weighted by molar-refractivity contribution is 0.306. The first-order valence-electron chi connectivity index (χ1n) is 5.73. The summed E-state index contributed by atoms with van der Waals surface area (Å²) in [7, 11) is -3.18. The molecule has 0 bridgehead atoms. The van der Waals surface area contributed by atoms with Crippen molar-refractivity contribution in [2.75, 3.05) is 6.26 Å². The molecule has 2 aromatic rings. The molecule has 0 fully saturated rings. The summed E-state index contributed by atoms with van der Waals surface area (Å²) < 4.78 is 28.2. The maximum atomic E-state index is 11.3. The summed E-state index contributed by atoms with van der Waals surface area (Å²) in [6.07, 6.45) is 1.17. The van der Waals surface area contributed by atoms with Crippen LogP contribution in [0.3, 0.4) is 0 Å². The predicted molar refractivity (Wildman–Crippen MR) is 80.3 cm³/mol.